The fourth-order valence-corrected chi connectivity index (χ4v) is 3.18. The Kier molecular flexibility index (Phi) is 5.09. The van der Waals surface area contributed by atoms with E-state index in [1.165, 1.54) is 24.3 Å². The number of phenolic OH excluding ortho intramolecular Hbond substituents is 1. The summed E-state index contributed by atoms with van der Waals surface area (Å²) in [6, 6.07) is 13.5. The van der Waals surface area contributed by atoms with E-state index in [-0.39, 0.29) is 17.2 Å². The third-order valence-electron chi connectivity index (χ3n) is 3.70. The number of aromatic hydroxyl groups is 1. The van der Waals surface area contributed by atoms with Crippen molar-refractivity contribution in [1.82, 2.24) is 4.90 Å². The van der Waals surface area contributed by atoms with E-state index < -0.39 is 17.1 Å². The number of rotatable bonds is 4. The van der Waals surface area contributed by atoms with Crippen LogP contribution < -0.4 is 5.32 Å². The Hall–Kier alpha value is -3.06. The Bertz CT molecular complexity index is 889. The molecule has 0 aliphatic carbocycles. The van der Waals surface area contributed by atoms with Crippen LogP contribution in [0.1, 0.15) is 11.1 Å². The molecule has 0 bridgehead atoms. The summed E-state index contributed by atoms with van der Waals surface area (Å²) in [5, 5.41) is 11.3. The second kappa shape index (κ2) is 7.45. The zero-order chi connectivity index (χ0) is 18.7. The van der Waals surface area contributed by atoms with Crippen LogP contribution in [0, 0.1) is 6.92 Å². The summed E-state index contributed by atoms with van der Waals surface area (Å²) in [6.07, 6.45) is 1.64. The second-order valence-corrected chi connectivity index (χ2v) is 6.77. The highest BCUT2D eigenvalue weighted by molar-refractivity contribution is 8.18. The molecule has 1 heterocycles. The molecule has 0 unspecified atom stereocenters. The Labute approximate surface area is 154 Å². The van der Waals surface area contributed by atoms with Crippen molar-refractivity contribution in [2.45, 2.75) is 6.92 Å². The Morgan fingerprint density at radius 3 is 2.42 bits per heavy atom. The third-order valence-corrected chi connectivity index (χ3v) is 4.61. The van der Waals surface area contributed by atoms with Gasteiger partial charge >= 0.3 is 0 Å². The molecular weight excluding hydrogens is 352 g/mol. The van der Waals surface area contributed by atoms with E-state index in [0.717, 1.165) is 27.8 Å². The molecule has 2 N–H and O–H groups in total. The van der Waals surface area contributed by atoms with Crippen molar-refractivity contribution in [3.05, 3.63) is 64.6 Å². The zero-order valence-electron chi connectivity index (χ0n) is 13.9. The molecular formula is C19H16N2O4S. The predicted molar refractivity (Wildman–Crippen MR) is 101 cm³/mol. The smallest absolute Gasteiger partial charge is 0.294 e. The number of anilines is 1. The SMILES string of the molecule is Cc1ccc(/C=C2\SC(=O)N(CC(=O)Nc3ccc(O)cc3)C2=O)cc1. The van der Waals surface area contributed by atoms with Crippen molar-refractivity contribution in [2.24, 2.45) is 0 Å². The lowest BCUT2D eigenvalue weighted by Crippen LogP contribution is -2.36. The van der Waals surface area contributed by atoms with Crippen molar-refractivity contribution in [3.63, 3.8) is 0 Å². The topological polar surface area (TPSA) is 86.7 Å². The van der Waals surface area contributed by atoms with Gasteiger partial charge in [0.25, 0.3) is 11.1 Å². The van der Waals surface area contributed by atoms with E-state index in [1.54, 1.807) is 6.08 Å². The maximum Gasteiger partial charge on any atom is 0.294 e. The molecule has 0 atom stereocenters. The van der Waals surface area contributed by atoms with Gasteiger partial charge in [-0.1, -0.05) is 29.8 Å². The molecule has 0 radical (unpaired) electrons. The van der Waals surface area contributed by atoms with E-state index in [1.807, 2.05) is 31.2 Å². The zero-order valence-corrected chi connectivity index (χ0v) is 14.7. The number of carbonyl (C=O) groups is 3. The van der Waals surface area contributed by atoms with Gasteiger partial charge in [0.1, 0.15) is 12.3 Å². The summed E-state index contributed by atoms with van der Waals surface area (Å²) in [4.78, 5) is 37.8. The van der Waals surface area contributed by atoms with Gasteiger partial charge < -0.3 is 10.4 Å². The molecule has 132 valence electrons. The molecule has 7 heteroatoms. The Morgan fingerprint density at radius 1 is 1.12 bits per heavy atom. The Balaban J connectivity index is 1.67. The van der Waals surface area contributed by atoms with Gasteiger partial charge in [0.2, 0.25) is 5.91 Å². The van der Waals surface area contributed by atoms with Crippen molar-refractivity contribution < 1.29 is 19.5 Å². The molecule has 3 rings (SSSR count). The van der Waals surface area contributed by atoms with E-state index in [4.69, 9.17) is 0 Å². The number of imide groups is 1. The summed E-state index contributed by atoms with van der Waals surface area (Å²) >= 11 is 0.817. The number of aryl methyl sites for hydroxylation is 1. The monoisotopic (exact) mass is 368 g/mol. The lowest BCUT2D eigenvalue weighted by atomic mass is 10.1. The molecule has 0 aromatic heterocycles. The first kappa shape index (κ1) is 17.8. The highest BCUT2D eigenvalue weighted by Crippen LogP contribution is 2.32. The lowest BCUT2D eigenvalue weighted by Gasteiger charge is -2.12. The number of hydrogen-bond donors (Lipinski definition) is 2. The predicted octanol–water partition coefficient (Wildman–Crippen LogP) is 3.38. The first-order valence-corrected chi connectivity index (χ1v) is 8.65. The van der Waals surface area contributed by atoms with Gasteiger partial charge in [-0.3, -0.25) is 19.3 Å². The van der Waals surface area contributed by atoms with E-state index in [2.05, 4.69) is 5.32 Å². The number of carbonyl (C=O) groups excluding carboxylic acids is 3. The van der Waals surface area contributed by atoms with Crippen molar-refractivity contribution in [1.29, 1.82) is 0 Å². The van der Waals surface area contributed by atoms with Gasteiger partial charge in [0.05, 0.1) is 4.91 Å². The molecule has 2 aromatic carbocycles. The molecule has 0 spiro atoms. The summed E-state index contributed by atoms with van der Waals surface area (Å²) in [5.41, 5.74) is 2.38. The minimum absolute atomic E-state index is 0.0789. The van der Waals surface area contributed by atoms with Gasteiger partial charge in [-0.2, -0.15) is 0 Å². The van der Waals surface area contributed by atoms with E-state index in [9.17, 15) is 19.5 Å². The largest absolute Gasteiger partial charge is 0.508 e. The normalized spacial score (nSPS) is 15.6. The first-order chi connectivity index (χ1) is 12.4. The molecule has 6 nitrogen and oxygen atoms in total. The van der Waals surface area contributed by atoms with Crippen LogP contribution in [-0.4, -0.2) is 33.6 Å². The van der Waals surface area contributed by atoms with E-state index in [0.29, 0.717) is 5.69 Å². The van der Waals surface area contributed by atoms with Gasteiger partial charge in [-0.25, -0.2) is 0 Å². The number of nitrogens with one attached hydrogen (secondary N) is 1. The molecule has 2 aromatic rings. The quantitative estimate of drug-likeness (QED) is 0.638. The fourth-order valence-electron chi connectivity index (χ4n) is 2.34. The standard InChI is InChI=1S/C19H16N2O4S/c1-12-2-4-13(5-3-12)10-16-18(24)21(19(25)26-16)11-17(23)20-14-6-8-15(22)9-7-14/h2-10,22H,11H2,1H3,(H,20,23)/b16-10-. The number of nitrogens with zero attached hydrogens (tertiary/aromatic N) is 1. The van der Waals surface area contributed by atoms with Crippen LogP contribution in [0.4, 0.5) is 10.5 Å². The van der Waals surface area contributed by atoms with Crippen LogP contribution in [0.3, 0.4) is 0 Å². The van der Waals surface area contributed by atoms with Crippen LogP contribution in [-0.2, 0) is 9.59 Å². The first-order valence-electron chi connectivity index (χ1n) is 7.83. The molecule has 1 fully saturated rings. The summed E-state index contributed by atoms with van der Waals surface area (Å²) < 4.78 is 0. The van der Waals surface area contributed by atoms with Crippen LogP contribution in [0.5, 0.6) is 5.75 Å². The van der Waals surface area contributed by atoms with Gasteiger partial charge in [0.15, 0.2) is 0 Å². The Morgan fingerprint density at radius 2 is 1.77 bits per heavy atom. The number of phenols is 1. The maximum absolute atomic E-state index is 12.4. The van der Waals surface area contributed by atoms with Gasteiger partial charge in [-0.15, -0.1) is 0 Å². The minimum Gasteiger partial charge on any atom is -0.508 e. The molecule has 1 aliphatic rings. The van der Waals surface area contributed by atoms with Crippen LogP contribution in [0.15, 0.2) is 53.4 Å². The fraction of sp³-hybridized carbons (Fsp3) is 0.105. The summed E-state index contributed by atoms with van der Waals surface area (Å²) in [6.45, 7) is 1.60. The molecule has 1 aliphatic heterocycles. The summed E-state index contributed by atoms with van der Waals surface area (Å²) in [7, 11) is 0. The summed E-state index contributed by atoms with van der Waals surface area (Å²) in [5.74, 6) is -0.897. The number of hydrogen-bond acceptors (Lipinski definition) is 5. The van der Waals surface area contributed by atoms with Crippen molar-refractivity contribution in [2.75, 3.05) is 11.9 Å². The van der Waals surface area contributed by atoms with Gasteiger partial charge in [-0.05, 0) is 54.6 Å². The maximum atomic E-state index is 12.4. The van der Waals surface area contributed by atoms with Crippen molar-refractivity contribution >= 4 is 40.6 Å². The minimum atomic E-state index is -0.491. The van der Waals surface area contributed by atoms with E-state index >= 15 is 0 Å². The number of amides is 3. The average Bonchev–Trinajstić information content (AvgIpc) is 2.86. The molecule has 1 saturated heterocycles. The van der Waals surface area contributed by atoms with Crippen molar-refractivity contribution in [3.8, 4) is 5.75 Å². The van der Waals surface area contributed by atoms with Crippen LogP contribution >= 0.6 is 11.8 Å². The highest BCUT2D eigenvalue weighted by atomic mass is 32.2. The molecule has 26 heavy (non-hydrogen) atoms. The highest BCUT2D eigenvalue weighted by Gasteiger charge is 2.36. The number of benzene rings is 2. The van der Waals surface area contributed by atoms with Crippen LogP contribution in [0.25, 0.3) is 6.08 Å². The average molecular weight is 368 g/mol. The molecule has 0 saturated carbocycles. The number of thioether (sulfide) groups is 1. The molecule has 3 amide bonds. The lowest BCUT2D eigenvalue weighted by molar-refractivity contribution is -0.127. The third kappa shape index (κ3) is 4.12. The van der Waals surface area contributed by atoms with Crippen LogP contribution in [0.2, 0.25) is 0 Å². The second-order valence-electron chi connectivity index (χ2n) is 5.77. The van der Waals surface area contributed by atoms with Gasteiger partial charge in [0, 0.05) is 5.69 Å².